The van der Waals surface area contributed by atoms with Crippen LogP contribution in [0.1, 0.15) is 50.5 Å². The van der Waals surface area contributed by atoms with Crippen molar-refractivity contribution in [1.29, 1.82) is 0 Å². The van der Waals surface area contributed by atoms with Crippen molar-refractivity contribution in [3.8, 4) is 0 Å². The van der Waals surface area contributed by atoms with Gasteiger partial charge in [0.25, 0.3) is 5.91 Å². The lowest BCUT2D eigenvalue weighted by atomic mass is 9.86. The van der Waals surface area contributed by atoms with E-state index in [9.17, 15) is 9.59 Å². The summed E-state index contributed by atoms with van der Waals surface area (Å²) in [5.41, 5.74) is 1.82. The maximum Gasteiger partial charge on any atom is 0.251 e. The Kier molecular flexibility index (Phi) is 6.22. The van der Waals surface area contributed by atoms with E-state index in [-0.39, 0.29) is 17.2 Å². The van der Waals surface area contributed by atoms with Gasteiger partial charge in [0.2, 0.25) is 5.91 Å². The second-order valence-corrected chi connectivity index (χ2v) is 7.78. The second-order valence-electron chi connectivity index (χ2n) is 7.78. The maximum absolute atomic E-state index is 12.5. The molecule has 1 fully saturated rings. The van der Waals surface area contributed by atoms with Crippen LogP contribution in [0.3, 0.4) is 0 Å². The summed E-state index contributed by atoms with van der Waals surface area (Å²) in [5.74, 6) is -0.205. The van der Waals surface area contributed by atoms with E-state index in [2.05, 4.69) is 37.9 Å². The van der Waals surface area contributed by atoms with Crippen molar-refractivity contribution >= 4 is 11.8 Å². The van der Waals surface area contributed by atoms with Gasteiger partial charge in [-0.15, -0.1) is 0 Å². The number of benzene rings is 1. The first-order chi connectivity index (χ1) is 11.7. The number of nitrogens with one attached hydrogen (secondary N) is 1. The van der Waals surface area contributed by atoms with Gasteiger partial charge in [0.1, 0.15) is 6.04 Å². The number of piperazine rings is 1. The molecule has 1 aromatic rings. The second kappa shape index (κ2) is 8.00. The first-order valence-corrected chi connectivity index (χ1v) is 9.15. The van der Waals surface area contributed by atoms with Gasteiger partial charge in [-0.1, -0.05) is 39.8 Å². The molecule has 0 spiro atoms. The van der Waals surface area contributed by atoms with E-state index in [1.807, 2.05) is 29.2 Å². The fourth-order valence-corrected chi connectivity index (χ4v) is 3.02. The average molecular weight is 345 g/mol. The molecule has 1 saturated heterocycles. The van der Waals surface area contributed by atoms with Crippen LogP contribution in [0.5, 0.6) is 0 Å². The highest BCUT2D eigenvalue weighted by Gasteiger charge is 2.25. The molecule has 5 heteroatoms. The monoisotopic (exact) mass is 345 g/mol. The normalized spacial score (nSPS) is 17.2. The van der Waals surface area contributed by atoms with Crippen LogP contribution < -0.4 is 5.32 Å². The molecule has 0 saturated carbocycles. The molecule has 0 unspecified atom stereocenters. The molecule has 1 heterocycles. The summed E-state index contributed by atoms with van der Waals surface area (Å²) in [5, 5.41) is 2.83. The average Bonchev–Trinajstić information content (AvgIpc) is 2.60. The van der Waals surface area contributed by atoms with Gasteiger partial charge in [0, 0.05) is 31.7 Å². The van der Waals surface area contributed by atoms with Crippen LogP contribution in [0.2, 0.25) is 0 Å². The number of amides is 2. The standard InChI is InChI=1S/C20H31N3O2/c1-6-22-11-13-23(14-12-22)19(25)15(2)21-18(24)16-7-9-17(10-8-16)20(3,4)5/h7-10,15H,6,11-14H2,1-5H3,(H,21,24)/t15-/m0/s1. The zero-order valence-electron chi connectivity index (χ0n) is 16.1. The number of hydrogen-bond donors (Lipinski definition) is 1. The lowest BCUT2D eigenvalue weighted by Gasteiger charge is -2.35. The quantitative estimate of drug-likeness (QED) is 0.911. The third-order valence-corrected chi connectivity index (χ3v) is 4.86. The number of nitrogens with zero attached hydrogens (tertiary/aromatic N) is 2. The van der Waals surface area contributed by atoms with Crippen molar-refractivity contribution in [3.05, 3.63) is 35.4 Å². The molecule has 1 aliphatic heterocycles. The SMILES string of the molecule is CCN1CCN(C(=O)[C@H](C)NC(=O)c2ccc(C(C)(C)C)cc2)CC1. The number of rotatable bonds is 4. The van der Waals surface area contributed by atoms with Crippen molar-refractivity contribution in [2.75, 3.05) is 32.7 Å². The molecule has 1 atom stereocenters. The minimum atomic E-state index is -0.511. The van der Waals surface area contributed by atoms with Crippen LogP contribution in [-0.2, 0) is 10.2 Å². The molecule has 25 heavy (non-hydrogen) atoms. The molecule has 5 nitrogen and oxygen atoms in total. The van der Waals surface area contributed by atoms with Crippen LogP contribution in [0.25, 0.3) is 0 Å². The minimum absolute atomic E-state index is 0.00425. The first-order valence-electron chi connectivity index (χ1n) is 9.15. The highest BCUT2D eigenvalue weighted by Crippen LogP contribution is 2.22. The van der Waals surface area contributed by atoms with Crippen LogP contribution in [0.4, 0.5) is 0 Å². The maximum atomic E-state index is 12.5. The molecule has 0 bridgehead atoms. The smallest absolute Gasteiger partial charge is 0.251 e. The number of hydrogen-bond acceptors (Lipinski definition) is 3. The molecule has 0 aromatic heterocycles. The Balaban J connectivity index is 1.92. The van der Waals surface area contributed by atoms with E-state index >= 15 is 0 Å². The minimum Gasteiger partial charge on any atom is -0.341 e. The Morgan fingerprint density at radius 3 is 2.12 bits per heavy atom. The van der Waals surface area contributed by atoms with Crippen LogP contribution >= 0.6 is 0 Å². The molecule has 138 valence electrons. The fourth-order valence-electron chi connectivity index (χ4n) is 3.02. The predicted octanol–water partition coefficient (Wildman–Crippen LogP) is 2.27. The van der Waals surface area contributed by atoms with E-state index in [1.54, 1.807) is 6.92 Å². The van der Waals surface area contributed by atoms with Gasteiger partial charge >= 0.3 is 0 Å². The summed E-state index contributed by atoms with van der Waals surface area (Å²) >= 11 is 0. The van der Waals surface area contributed by atoms with Crippen molar-refractivity contribution in [1.82, 2.24) is 15.1 Å². The number of carbonyl (C=O) groups is 2. The van der Waals surface area contributed by atoms with Gasteiger partial charge in [0.05, 0.1) is 0 Å². The van der Waals surface area contributed by atoms with E-state index < -0.39 is 6.04 Å². The van der Waals surface area contributed by atoms with Crippen molar-refractivity contribution in [2.24, 2.45) is 0 Å². The summed E-state index contributed by atoms with van der Waals surface area (Å²) in [7, 11) is 0. The van der Waals surface area contributed by atoms with E-state index in [0.29, 0.717) is 5.56 Å². The Hall–Kier alpha value is -1.88. The van der Waals surface area contributed by atoms with E-state index in [4.69, 9.17) is 0 Å². The lowest BCUT2D eigenvalue weighted by molar-refractivity contribution is -0.134. The molecule has 2 rings (SSSR count). The van der Waals surface area contributed by atoms with Gasteiger partial charge in [-0.05, 0) is 36.6 Å². The van der Waals surface area contributed by atoms with Gasteiger partial charge in [-0.3, -0.25) is 9.59 Å². The predicted molar refractivity (Wildman–Crippen MR) is 101 cm³/mol. The third kappa shape index (κ3) is 5.05. The number of carbonyl (C=O) groups excluding carboxylic acids is 2. The zero-order chi connectivity index (χ0) is 18.6. The molecular weight excluding hydrogens is 314 g/mol. The molecule has 2 amide bonds. The zero-order valence-corrected chi connectivity index (χ0v) is 16.1. The third-order valence-electron chi connectivity index (χ3n) is 4.86. The molecule has 1 aromatic carbocycles. The number of likely N-dealkylation sites (N-methyl/N-ethyl adjacent to an activating group) is 1. The molecule has 0 radical (unpaired) electrons. The van der Waals surface area contributed by atoms with Crippen molar-refractivity contribution in [3.63, 3.8) is 0 Å². The van der Waals surface area contributed by atoms with E-state index in [0.717, 1.165) is 32.7 Å². The van der Waals surface area contributed by atoms with Crippen molar-refractivity contribution in [2.45, 2.75) is 46.1 Å². The highest BCUT2D eigenvalue weighted by atomic mass is 16.2. The van der Waals surface area contributed by atoms with Gasteiger partial charge in [-0.25, -0.2) is 0 Å². The summed E-state index contributed by atoms with van der Waals surface area (Å²) in [4.78, 5) is 29.1. The Labute approximate surface area is 151 Å². The highest BCUT2D eigenvalue weighted by molar-refractivity contribution is 5.97. The Morgan fingerprint density at radius 2 is 1.64 bits per heavy atom. The van der Waals surface area contributed by atoms with Crippen LogP contribution in [0, 0.1) is 0 Å². The first kappa shape index (κ1) is 19.4. The summed E-state index contributed by atoms with van der Waals surface area (Å²) in [6, 6.07) is 7.10. The van der Waals surface area contributed by atoms with Crippen molar-refractivity contribution < 1.29 is 9.59 Å². The summed E-state index contributed by atoms with van der Waals surface area (Å²) in [6.45, 7) is 14.6. The molecule has 1 aliphatic rings. The van der Waals surface area contributed by atoms with Gasteiger partial charge in [-0.2, -0.15) is 0 Å². The fraction of sp³-hybridized carbons (Fsp3) is 0.600. The largest absolute Gasteiger partial charge is 0.341 e. The van der Waals surface area contributed by atoms with Gasteiger partial charge in [0.15, 0.2) is 0 Å². The molecule has 1 N–H and O–H groups in total. The van der Waals surface area contributed by atoms with E-state index in [1.165, 1.54) is 5.56 Å². The topological polar surface area (TPSA) is 52.6 Å². The molecule has 0 aliphatic carbocycles. The summed E-state index contributed by atoms with van der Waals surface area (Å²) in [6.07, 6.45) is 0. The van der Waals surface area contributed by atoms with Crippen LogP contribution in [-0.4, -0.2) is 60.4 Å². The lowest BCUT2D eigenvalue weighted by Crippen LogP contribution is -2.54. The Morgan fingerprint density at radius 1 is 1.08 bits per heavy atom. The molecular formula is C20H31N3O2. The Bertz CT molecular complexity index is 596. The van der Waals surface area contributed by atoms with Crippen LogP contribution in [0.15, 0.2) is 24.3 Å². The summed E-state index contributed by atoms with van der Waals surface area (Å²) < 4.78 is 0. The van der Waals surface area contributed by atoms with Gasteiger partial charge < -0.3 is 15.1 Å².